The molecule has 0 unspecified atom stereocenters. The lowest BCUT2D eigenvalue weighted by Crippen LogP contribution is -2.31. The topological polar surface area (TPSA) is 87.7 Å². The van der Waals surface area contributed by atoms with Crippen LogP contribution in [0.1, 0.15) is 12.0 Å². The molecule has 1 atom stereocenters. The molecule has 1 aromatic carbocycles. The van der Waals surface area contributed by atoms with Crippen molar-refractivity contribution in [3.8, 4) is 5.75 Å². The fraction of sp³-hybridized carbons (Fsp3) is 0.438. The van der Waals surface area contributed by atoms with Crippen LogP contribution in [0.3, 0.4) is 0 Å². The van der Waals surface area contributed by atoms with Crippen LogP contribution in [0.5, 0.6) is 5.75 Å². The zero-order valence-corrected chi connectivity index (χ0v) is 13.3. The lowest BCUT2D eigenvalue weighted by molar-refractivity contribution is -0.128. The van der Waals surface area contributed by atoms with Gasteiger partial charge in [-0.1, -0.05) is 12.1 Å². The third kappa shape index (κ3) is 4.70. The molecule has 0 spiro atoms. The lowest BCUT2D eigenvalue weighted by Gasteiger charge is -2.12. The summed E-state index contributed by atoms with van der Waals surface area (Å²) in [6.07, 6.45) is 0.262. The normalized spacial score (nSPS) is 17.0. The Morgan fingerprint density at radius 2 is 2.17 bits per heavy atom. The molecule has 7 nitrogen and oxygen atoms in total. The predicted molar refractivity (Wildman–Crippen MR) is 83.6 cm³/mol. The van der Waals surface area contributed by atoms with Gasteiger partial charge in [0.05, 0.1) is 5.92 Å². The van der Waals surface area contributed by atoms with Gasteiger partial charge in [0, 0.05) is 33.6 Å². The summed E-state index contributed by atoms with van der Waals surface area (Å²) < 4.78 is 5.36. The molecule has 1 heterocycles. The molecule has 1 fully saturated rings. The minimum atomic E-state index is -0.291. The van der Waals surface area contributed by atoms with Crippen LogP contribution in [0.25, 0.3) is 0 Å². The van der Waals surface area contributed by atoms with Gasteiger partial charge in [0.15, 0.2) is 6.61 Å². The van der Waals surface area contributed by atoms with Crippen LogP contribution in [-0.4, -0.2) is 49.9 Å². The zero-order valence-electron chi connectivity index (χ0n) is 13.3. The summed E-state index contributed by atoms with van der Waals surface area (Å²) in [5, 5.41) is 5.31. The van der Waals surface area contributed by atoms with E-state index >= 15 is 0 Å². The maximum Gasteiger partial charge on any atom is 0.257 e. The average Bonchev–Trinajstić information content (AvgIpc) is 2.90. The number of ether oxygens (including phenoxy) is 1. The Labute approximate surface area is 135 Å². The van der Waals surface area contributed by atoms with Crippen molar-refractivity contribution in [1.82, 2.24) is 15.5 Å². The quantitative estimate of drug-likeness (QED) is 0.767. The molecule has 1 aromatic rings. The molecule has 7 heteroatoms. The van der Waals surface area contributed by atoms with E-state index in [9.17, 15) is 14.4 Å². The highest BCUT2D eigenvalue weighted by Gasteiger charge is 2.31. The first kappa shape index (κ1) is 16.8. The van der Waals surface area contributed by atoms with Crippen molar-refractivity contribution >= 4 is 17.7 Å². The standard InChI is InChI=1S/C16H21N3O4/c1-17-14(20)10-23-13-5-3-4-11(6-13)8-18-16(22)12-7-15(21)19(2)9-12/h3-6,12H,7-10H2,1-2H3,(H,17,20)(H,18,22)/t12-/m1/s1. The van der Waals surface area contributed by atoms with Gasteiger partial charge >= 0.3 is 0 Å². The number of likely N-dealkylation sites (N-methyl/N-ethyl adjacent to an activating group) is 1. The number of hydrogen-bond acceptors (Lipinski definition) is 4. The molecular formula is C16H21N3O4. The monoisotopic (exact) mass is 319 g/mol. The minimum Gasteiger partial charge on any atom is -0.484 e. The van der Waals surface area contributed by atoms with Crippen LogP contribution in [0.15, 0.2) is 24.3 Å². The Balaban J connectivity index is 1.84. The first-order valence-corrected chi connectivity index (χ1v) is 7.43. The summed E-state index contributed by atoms with van der Waals surface area (Å²) >= 11 is 0. The number of nitrogens with zero attached hydrogens (tertiary/aromatic N) is 1. The van der Waals surface area contributed by atoms with Gasteiger partial charge in [-0.25, -0.2) is 0 Å². The van der Waals surface area contributed by atoms with E-state index in [1.54, 1.807) is 37.2 Å². The van der Waals surface area contributed by atoms with Crippen LogP contribution in [0, 0.1) is 5.92 Å². The van der Waals surface area contributed by atoms with Crippen molar-refractivity contribution in [2.24, 2.45) is 5.92 Å². The van der Waals surface area contributed by atoms with Gasteiger partial charge in [-0.05, 0) is 17.7 Å². The fourth-order valence-electron chi connectivity index (χ4n) is 2.34. The molecule has 2 rings (SSSR count). The van der Waals surface area contributed by atoms with E-state index in [1.807, 2.05) is 6.07 Å². The number of amides is 3. The third-order valence-electron chi connectivity index (χ3n) is 3.73. The van der Waals surface area contributed by atoms with E-state index in [-0.39, 0.29) is 36.7 Å². The summed E-state index contributed by atoms with van der Waals surface area (Å²) in [7, 11) is 3.24. The van der Waals surface area contributed by atoms with Crippen molar-refractivity contribution < 1.29 is 19.1 Å². The summed E-state index contributed by atoms with van der Waals surface area (Å²) in [6.45, 7) is 0.757. The predicted octanol–water partition coefficient (Wildman–Crippen LogP) is -0.0941. The first-order chi connectivity index (χ1) is 11.0. The molecule has 0 aromatic heterocycles. The van der Waals surface area contributed by atoms with E-state index in [4.69, 9.17) is 4.74 Å². The van der Waals surface area contributed by atoms with E-state index in [2.05, 4.69) is 10.6 Å². The molecule has 2 N–H and O–H groups in total. The summed E-state index contributed by atoms with van der Waals surface area (Å²) in [4.78, 5) is 36.3. The SMILES string of the molecule is CNC(=O)COc1cccc(CNC(=O)[C@@H]2CC(=O)N(C)C2)c1. The van der Waals surface area contributed by atoms with Crippen LogP contribution >= 0.6 is 0 Å². The molecule has 3 amide bonds. The number of rotatable bonds is 6. The Kier molecular flexibility index (Phi) is 5.56. The molecular weight excluding hydrogens is 298 g/mol. The Bertz CT molecular complexity index is 603. The van der Waals surface area contributed by atoms with Gasteiger partial charge in [-0.2, -0.15) is 0 Å². The molecule has 1 aliphatic heterocycles. The lowest BCUT2D eigenvalue weighted by atomic mass is 10.1. The van der Waals surface area contributed by atoms with Gasteiger partial charge in [0.25, 0.3) is 5.91 Å². The van der Waals surface area contributed by atoms with Crippen molar-refractivity contribution in [3.63, 3.8) is 0 Å². The zero-order chi connectivity index (χ0) is 16.8. The highest BCUT2D eigenvalue weighted by atomic mass is 16.5. The summed E-state index contributed by atoms with van der Waals surface area (Å²) in [5.41, 5.74) is 0.866. The maximum atomic E-state index is 12.1. The third-order valence-corrected chi connectivity index (χ3v) is 3.73. The van der Waals surface area contributed by atoms with Crippen molar-refractivity contribution in [2.45, 2.75) is 13.0 Å². The average molecular weight is 319 g/mol. The van der Waals surface area contributed by atoms with Crippen LogP contribution in [0.2, 0.25) is 0 Å². The molecule has 1 aliphatic rings. The Morgan fingerprint density at radius 1 is 1.39 bits per heavy atom. The minimum absolute atomic E-state index is 0.00486. The van der Waals surface area contributed by atoms with E-state index in [1.165, 1.54) is 0 Å². The molecule has 0 bridgehead atoms. The number of likely N-dealkylation sites (tertiary alicyclic amines) is 1. The number of nitrogens with one attached hydrogen (secondary N) is 2. The van der Waals surface area contributed by atoms with Crippen molar-refractivity contribution in [1.29, 1.82) is 0 Å². The molecule has 0 radical (unpaired) electrons. The first-order valence-electron chi connectivity index (χ1n) is 7.43. The van der Waals surface area contributed by atoms with Crippen molar-refractivity contribution in [2.75, 3.05) is 27.2 Å². The fourth-order valence-corrected chi connectivity index (χ4v) is 2.34. The van der Waals surface area contributed by atoms with E-state index in [0.717, 1.165) is 5.56 Å². The Morgan fingerprint density at radius 3 is 2.83 bits per heavy atom. The number of carbonyl (C=O) groups excluding carboxylic acids is 3. The second kappa shape index (κ2) is 7.62. The van der Waals surface area contributed by atoms with Gasteiger partial charge in [-0.3, -0.25) is 14.4 Å². The van der Waals surface area contributed by atoms with Crippen LogP contribution < -0.4 is 15.4 Å². The Hall–Kier alpha value is -2.57. The second-order valence-corrected chi connectivity index (χ2v) is 5.50. The molecule has 0 aliphatic carbocycles. The van der Waals surface area contributed by atoms with Crippen LogP contribution in [-0.2, 0) is 20.9 Å². The molecule has 23 heavy (non-hydrogen) atoms. The van der Waals surface area contributed by atoms with Gasteiger partial charge in [0.1, 0.15) is 5.75 Å². The van der Waals surface area contributed by atoms with E-state index < -0.39 is 0 Å². The van der Waals surface area contributed by atoms with Crippen molar-refractivity contribution in [3.05, 3.63) is 29.8 Å². The van der Waals surface area contributed by atoms with Gasteiger partial charge in [0.2, 0.25) is 11.8 Å². The second-order valence-electron chi connectivity index (χ2n) is 5.50. The number of carbonyl (C=O) groups is 3. The number of benzene rings is 1. The largest absolute Gasteiger partial charge is 0.484 e. The molecule has 1 saturated heterocycles. The highest BCUT2D eigenvalue weighted by Crippen LogP contribution is 2.17. The van der Waals surface area contributed by atoms with Gasteiger partial charge < -0.3 is 20.3 Å². The van der Waals surface area contributed by atoms with Gasteiger partial charge in [-0.15, -0.1) is 0 Å². The highest BCUT2D eigenvalue weighted by molar-refractivity contribution is 5.89. The molecule has 124 valence electrons. The van der Waals surface area contributed by atoms with Crippen LogP contribution in [0.4, 0.5) is 0 Å². The summed E-state index contributed by atoms with van der Waals surface area (Å²) in [5.74, 6) is -0.0656. The summed E-state index contributed by atoms with van der Waals surface area (Å²) in [6, 6.07) is 7.18. The number of hydrogen-bond donors (Lipinski definition) is 2. The van der Waals surface area contributed by atoms with E-state index in [0.29, 0.717) is 18.8 Å². The smallest absolute Gasteiger partial charge is 0.257 e. The molecule has 0 saturated carbocycles. The maximum absolute atomic E-state index is 12.1.